The molecule has 1 radical (unpaired) electrons. The Morgan fingerprint density at radius 2 is 2.22 bits per heavy atom. The van der Waals surface area contributed by atoms with Crippen LogP contribution in [-0.2, 0) is 0 Å². The van der Waals surface area contributed by atoms with Crippen LogP contribution in [0.1, 0.15) is 11.1 Å². The van der Waals surface area contributed by atoms with Gasteiger partial charge in [-0.3, -0.25) is 0 Å². The molecule has 0 aliphatic rings. The highest BCUT2D eigenvalue weighted by molar-refractivity contribution is 6.25. The highest BCUT2D eigenvalue weighted by atomic mass is 35.5. The Kier molecular flexibility index (Phi) is 2.12. The van der Waals surface area contributed by atoms with Gasteiger partial charge in [-0.1, -0.05) is 29.8 Å². The monoisotopic (exact) mass is 139 g/mol. The number of aryl methyl sites for hydroxylation is 1. The van der Waals surface area contributed by atoms with Crippen molar-refractivity contribution in [3.05, 3.63) is 41.3 Å². The number of halogens is 1. The molecule has 1 aromatic rings. The molecule has 1 rings (SSSR count). The Bertz CT molecular complexity index is 194. The maximum absolute atomic E-state index is 5.47. The second kappa shape index (κ2) is 2.88. The van der Waals surface area contributed by atoms with Gasteiger partial charge in [-0.2, -0.15) is 0 Å². The van der Waals surface area contributed by atoms with Crippen molar-refractivity contribution in [2.45, 2.75) is 6.92 Å². The van der Waals surface area contributed by atoms with Crippen LogP contribution in [0.4, 0.5) is 0 Å². The number of rotatable bonds is 1. The minimum Gasteiger partial charge on any atom is -0.116 e. The van der Waals surface area contributed by atoms with Gasteiger partial charge in [-0.25, -0.2) is 0 Å². The predicted octanol–water partition coefficient (Wildman–Crippen LogP) is 2.74. The zero-order valence-electron chi connectivity index (χ0n) is 5.26. The van der Waals surface area contributed by atoms with Gasteiger partial charge in [-0.15, -0.1) is 11.6 Å². The van der Waals surface area contributed by atoms with E-state index in [9.17, 15) is 0 Å². The molecule has 0 spiro atoms. The second-order valence-corrected chi connectivity index (χ2v) is 2.24. The third kappa shape index (κ3) is 1.72. The summed E-state index contributed by atoms with van der Waals surface area (Å²) in [6.45, 7) is 2.05. The molecule has 0 bridgehead atoms. The maximum atomic E-state index is 5.47. The first-order chi connectivity index (χ1) is 4.33. The first-order valence-corrected chi connectivity index (χ1v) is 3.26. The molecule has 0 saturated heterocycles. The zero-order valence-corrected chi connectivity index (χ0v) is 6.02. The molecule has 0 nitrogen and oxygen atoms in total. The van der Waals surface area contributed by atoms with Gasteiger partial charge in [0.1, 0.15) is 0 Å². The topological polar surface area (TPSA) is 0 Å². The van der Waals surface area contributed by atoms with Gasteiger partial charge in [-0.05, 0) is 12.5 Å². The van der Waals surface area contributed by atoms with Gasteiger partial charge in [0, 0.05) is 0 Å². The fraction of sp³-hybridized carbons (Fsp3) is 0.125. The molecule has 0 aromatic heterocycles. The number of hydrogen-bond donors (Lipinski definition) is 0. The van der Waals surface area contributed by atoms with Crippen molar-refractivity contribution in [3.63, 3.8) is 0 Å². The van der Waals surface area contributed by atoms with Crippen LogP contribution in [0.25, 0.3) is 0 Å². The second-order valence-electron chi connectivity index (χ2n) is 2.02. The van der Waals surface area contributed by atoms with E-state index in [0.717, 1.165) is 5.56 Å². The molecule has 1 heteroatoms. The summed E-state index contributed by atoms with van der Waals surface area (Å²) in [6.07, 6.45) is 0. The summed E-state index contributed by atoms with van der Waals surface area (Å²) in [5.74, 6) is 1.58. The lowest BCUT2D eigenvalue weighted by Gasteiger charge is -1.93. The van der Waals surface area contributed by atoms with Crippen molar-refractivity contribution in [3.8, 4) is 0 Å². The molecule has 47 valence electrons. The SMILES string of the molecule is Cc1cccc([CH]Cl)c1. The first kappa shape index (κ1) is 6.63. The standard InChI is InChI=1S/C8H8Cl/c1-7-3-2-4-8(5-7)6-9/h2-6H,1H3. The molecule has 1 aromatic carbocycles. The Balaban J connectivity index is 2.94. The van der Waals surface area contributed by atoms with E-state index >= 15 is 0 Å². The minimum atomic E-state index is 1.07. The Morgan fingerprint density at radius 1 is 1.44 bits per heavy atom. The molecule has 0 fully saturated rings. The molecular weight excluding hydrogens is 132 g/mol. The van der Waals surface area contributed by atoms with E-state index in [2.05, 4.69) is 0 Å². The summed E-state index contributed by atoms with van der Waals surface area (Å²) < 4.78 is 0. The summed E-state index contributed by atoms with van der Waals surface area (Å²) in [5, 5.41) is 0. The lowest BCUT2D eigenvalue weighted by molar-refractivity contribution is 1.44. The average Bonchev–Trinajstić information content (AvgIpc) is 1.88. The predicted molar refractivity (Wildman–Crippen MR) is 40.4 cm³/mol. The average molecular weight is 140 g/mol. The summed E-state index contributed by atoms with van der Waals surface area (Å²) in [5.41, 5.74) is 2.31. The Hall–Kier alpha value is -0.490. The van der Waals surface area contributed by atoms with Crippen LogP contribution in [0, 0.1) is 12.8 Å². The zero-order chi connectivity index (χ0) is 6.69. The van der Waals surface area contributed by atoms with Crippen molar-refractivity contribution < 1.29 is 0 Å². The lowest BCUT2D eigenvalue weighted by atomic mass is 10.2. The molecule has 0 N–H and O–H groups in total. The van der Waals surface area contributed by atoms with E-state index in [0.29, 0.717) is 0 Å². The van der Waals surface area contributed by atoms with E-state index in [4.69, 9.17) is 11.6 Å². The molecule has 0 atom stereocenters. The molecule has 0 aliphatic carbocycles. The Morgan fingerprint density at radius 3 is 2.67 bits per heavy atom. The van der Waals surface area contributed by atoms with Crippen LogP contribution in [0.5, 0.6) is 0 Å². The summed E-state index contributed by atoms with van der Waals surface area (Å²) in [6, 6.07) is 8.04. The molecule has 0 heterocycles. The maximum Gasteiger partial charge on any atom is 0.0790 e. The van der Waals surface area contributed by atoms with E-state index in [1.165, 1.54) is 5.56 Å². The van der Waals surface area contributed by atoms with Gasteiger partial charge in [0.05, 0.1) is 5.88 Å². The van der Waals surface area contributed by atoms with E-state index in [-0.39, 0.29) is 0 Å². The fourth-order valence-corrected chi connectivity index (χ4v) is 0.874. The van der Waals surface area contributed by atoms with Gasteiger partial charge in [0.15, 0.2) is 0 Å². The van der Waals surface area contributed by atoms with Crippen LogP contribution in [0.15, 0.2) is 24.3 Å². The van der Waals surface area contributed by atoms with Crippen molar-refractivity contribution in [1.29, 1.82) is 0 Å². The normalized spacial score (nSPS) is 9.56. The van der Waals surface area contributed by atoms with Crippen LogP contribution in [-0.4, -0.2) is 0 Å². The van der Waals surface area contributed by atoms with E-state index < -0.39 is 0 Å². The number of hydrogen-bond acceptors (Lipinski definition) is 0. The van der Waals surface area contributed by atoms with Crippen molar-refractivity contribution in [1.82, 2.24) is 0 Å². The molecule has 0 saturated carbocycles. The van der Waals surface area contributed by atoms with Crippen LogP contribution < -0.4 is 0 Å². The molecule has 0 aliphatic heterocycles. The van der Waals surface area contributed by atoms with Gasteiger partial charge < -0.3 is 0 Å². The Labute approximate surface area is 60.5 Å². The van der Waals surface area contributed by atoms with Gasteiger partial charge in [0.25, 0.3) is 0 Å². The highest BCUT2D eigenvalue weighted by Crippen LogP contribution is 2.07. The van der Waals surface area contributed by atoms with E-state index in [1.807, 2.05) is 31.2 Å². The largest absolute Gasteiger partial charge is 0.116 e. The summed E-state index contributed by atoms with van der Waals surface area (Å²) >= 11 is 5.47. The van der Waals surface area contributed by atoms with Crippen LogP contribution >= 0.6 is 11.6 Å². The van der Waals surface area contributed by atoms with Crippen LogP contribution in [0.3, 0.4) is 0 Å². The third-order valence-corrected chi connectivity index (χ3v) is 1.42. The quantitative estimate of drug-likeness (QED) is 0.561. The summed E-state index contributed by atoms with van der Waals surface area (Å²) in [4.78, 5) is 0. The van der Waals surface area contributed by atoms with Crippen molar-refractivity contribution in [2.24, 2.45) is 0 Å². The van der Waals surface area contributed by atoms with E-state index in [1.54, 1.807) is 5.88 Å². The summed E-state index contributed by atoms with van der Waals surface area (Å²) in [7, 11) is 0. The molecule has 0 unspecified atom stereocenters. The minimum absolute atomic E-state index is 1.07. The van der Waals surface area contributed by atoms with Gasteiger partial charge in [0.2, 0.25) is 0 Å². The number of benzene rings is 1. The smallest absolute Gasteiger partial charge is 0.0790 e. The van der Waals surface area contributed by atoms with Crippen LogP contribution in [0.2, 0.25) is 0 Å². The lowest BCUT2D eigenvalue weighted by Crippen LogP contribution is -1.75. The van der Waals surface area contributed by atoms with Gasteiger partial charge >= 0.3 is 0 Å². The molecular formula is C8H8Cl. The molecule has 0 amide bonds. The molecule has 9 heavy (non-hydrogen) atoms. The first-order valence-electron chi connectivity index (χ1n) is 2.83. The third-order valence-electron chi connectivity index (χ3n) is 1.17. The van der Waals surface area contributed by atoms with Crippen molar-refractivity contribution in [2.75, 3.05) is 0 Å². The highest BCUT2D eigenvalue weighted by Gasteiger charge is 1.87. The fourth-order valence-electron chi connectivity index (χ4n) is 0.738. The van der Waals surface area contributed by atoms with Crippen molar-refractivity contribution >= 4 is 11.6 Å².